The van der Waals surface area contributed by atoms with E-state index in [1.807, 2.05) is 76.5 Å². The average Bonchev–Trinajstić information content (AvgIpc) is 3.25. The molecular formula is C49H62N4O5. The fourth-order valence-electron chi connectivity index (χ4n) is 8.08. The SMILES string of the molecule is CC(=O)CCCC(=O)N(c1ccccc1)C1CCN(CCc2ccccc2)CC1.O=C(O)CCCC(=O)N(c1ccccc1)C1CCN(CCc2ccccc2)CC1. The summed E-state index contributed by atoms with van der Waals surface area (Å²) in [5, 5.41) is 8.86. The lowest BCUT2D eigenvalue weighted by Crippen LogP contribution is -2.48. The van der Waals surface area contributed by atoms with E-state index in [4.69, 9.17) is 5.11 Å². The molecule has 0 saturated carbocycles. The number of piperidine rings is 2. The summed E-state index contributed by atoms with van der Waals surface area (Å²) >= 11 is 0. The first-order valence-electron chi connectivity index (χ1n) is 21.2. The molecule has 2 saturated heterocycles. The van der Waals surface area contributed by atoms with Gasteiger partial charge in [-0.15, -0.1) is 0 Å². The minimum absolute atomic E-state index is 0.0279. The Morgan fingerprint density at radius 2 is 0.862 bits per heavy atom. The number of hydrogen-bond donors (Lipinski definition) is 1. The standard InChI is InChI=1S/C25H32N2O2.C24H30N2O3/c1-21(28)9-8-14-25(29)27(23-12-6-3-7-13-23)24-16-19-26(20-17-24)18-15-22-10-4-2-5-11-22;27-23(12-7-13-24(28)29)26(21-10-5-2-6-11-21)22-15-18-25(19-16-22)17-14-20-8-3-1-4-9-20/h2-7,10-13,24H,8-9,14-20H2,1H3;1-6,8-11,22H,7,12-19H2,(H,28,29). The number of carboxylic acid groups (broad SMARTS) is 1. The van der Waals surface area contributed by atoms with Gasteiger partial charge in [0, 0.05) is 88.4 Å². The Morgan fingerprint density at radius 1 is 0.517 bits per heavy atom. The molecule has 4 aromatic carbocycles. The van der Waals surface area contributed by atoms with Crippen molar-refractivity contribution in [3.8, 4) is 0 Å². The van der Waals surface area contributed by atoms with E-state index < -0.39 is 5.97 Å². The fourth-order valence-corrected chi connectivity index (χ4v) is 8.08. The zero-order valence-electron chi connectivity index (χ0n) is 34.3. The van der Waals surface area contributed by atoms with Crippen molar-refractivity contribution in [1.82, 2.24) is 9.80 Å². The molecule has 0 aromatic heterocycles. The molecule has 2 amide bonds. The second-order valence-corrected chi connectivity index (χ2v) is 15.6. The Kier molecular flexibility index (Phi) is 18.2. The highest BCUT2D eigenvalue weighted by Gasteiger charge is 2.30. The molecule has 0 unspecified atom stereocenters. The van der Waals surface area contributed by atoms with Crippen molar-refractivity contribution >= 4 is 34.9 Å². The van der Waals surface area contributed by atoms with Gasteiger partial charge in [0.15, 0.2) is 0 Å². The monoisotopic (exact) mass is 786 g/mol. The van der Waals surface area contributed by atoms with Crippen LogP contribution in [0.2, 0.25) is 0 Å². The van der Waals surface area contributed by atoms with Crippen LogP contribution in [0.15, 0.2) is 121 Å². The molecule has 4 aromatic rings. The van der Waals surface area contributed by atoms with Crippen LogP contribution in [0.4, 0.5) is 11.4 Å². The van der Waals surface area contributed by atoms with Crippen molar-refractivity contribution in [2.75, 3.05) is 49.1 Å². The van der Waals surface area contributed by atoms with E-state index in [2.05, 4.69) is 64.4 Å². The second-order valence-electron chi connectivity index (χ2n) is 15.6. The van der Waals surface area contributed by atoms with Crippen molar-refractivity contribution in [1.29, 1.82) is 0 Å². The van der Waals surface area contributed by atoms with Crippen LogP contribution in [-0.4, -0.2) is 89.8 Å². The van der Waals surface area contributed by atoms with Crippen LogP contribution in [0.5, 0.6) is 0 Å². The predicted molar refractivity (Wildman–Crippen MR) is 233 cm³/mol. The van der Waals surface area contributed by atoms with Crippen LogP contribution in [0.1, 0.15) is 82.3 Å². The third-order valence-electron chi connectivity index (χ3n) is 11.3. The molecule has 1 N–H and O–H groups in total. The van der Waals surface area contributed by atoms with Gasteiger partial charge in [-0.3, -0.25) is 14.4 Å². The Hall–Kier alpha value is -5.12. The van der Waals surface area contributed by atoms with Crippen molar-refractivity contribution in [2.45, 2.75) is 96.1 Å². The zero-order valence-corrected chi connectivity index (χ0v) is 34.3. The summed E-state index contributed by atoms with van der Waals surface area (Å²) in [4.78, 5) is 56.9. The van der Waals surface area contributed by atoms with Gasteiger partial charge in [0.05, 0.1) is 0 Å². The van der Waals surface area contributed by atoms with E-state index in [1.165, 1.54) is 11.1 Å². The number of rotatable bonds is 18. The van der Waals surface area contributed by atoms with Gasteiger partial charge in [0.1, 0.15) is 5.78 Å². The lowest BCUT2D eigenvalue weighted by molar-refractivity contribution is -0.137. The number of hydrogen-bond acceptors (Lipinski definition) is 6. The summed E-state index contributed by atoms with van der Waals surface area (Å²) in [6.45, 7) is 7.67. The molecule has 0 bridgehead atoms. The van der Waals surface area contributed by atoms with E-state index in [0.29, 0.717) is 25.7 Å². The number of likely N-dealkylation sites (tertiary alicyclic amines) is 2. The second kappa shape index (κ2) is 24.0. The van der Waals surface area contributed by atoms with Gasteiger partial charge >= 0.3 is 5.97 Å². The van der Waals surface area contributed by atoms with Crippen molar-refractivity contribution in [3.05, 3.63) is 132 Å². The molecule has 9 heteroatoms. The predicted octanol–water partition coefficient (Wildman–Crippen LogP) is 8.47. The highest BCUT2D eigenvalue weighted by Crippen LogP contribution is 2.27. The number of para-hydroxylation sites is 2. The lowest BCUT2D eigenvalue weighted by Gasteiger charge is -2.38. The molecular weight excluding hydrogens is 725 g/mol. The first-order chi connectivity index (χ1) is 28.3. The van der Waals surface area contributed by atoms with Gasteiger partial charge < -0.3 is 29.5 Å². The van der Waals surface area contributed by atoms with Crippen molar-refractivity contribution in [3.63, 3.8) is 0 Å². The van der Waals surface area contributed by atoms with Gasteiger partial charge in [-0.2, -0.15) is 0 Å². The summed E-state index contributed by atoms with van der Waals surface area (Å²) in [6.07, 6.45) is 8.20. The van der Waals surface area contributed by atoms with Crippen LogP contribution < -0.4 is 9.80 Å². The summed E-state index contributed by atoms with van der Waals surface area (Å²) in [5.74, 6) is -0.535. The molecule has 58 heavy (non-hydrogen) atoms. The minimum atomic E-state index is -0.851. The smallest absolute Gasteiger partial charge is 0.303 e. The van der Waals surface area contributed by atoms with Crippen LogP contribution in [0.3, 0.4) is 0 Å². The van der Waals surface area contributed by atoms with E-state index in [1.54, 1.807) is 6.92 Å². The summed E-state index contributed by atoms with van der Waals surface area (Å²) < 4.78 is 0. The molecule has 2 aliphatic heterocycles. The molecule has 2 heterocycles. The third-order valence-corrected chi connectivity index (χ3v) is 11.3. The number of ketones is 1. The normalized spacial score (nSPS) is 15.2. The third kappa shape index (κ3) is 14.7. The molecule has 2 fully saturated rings. The van der Waals surface area contributed by atoms with E-state index in [-0.39, 0.29) is 42.5 Å². The Bertz CT molecular complexity index is 1670. The average molecular weight is 787 g/mol. The van der Waals surface area contributed by atoms with Crippen LogP contribution in [-0.2, 0) is 32.0 Å². The first kappa shape index (κ1) is 44.0. The largest absolute Gasteiger partial charge is 0.481 e. The van der Waals surface area contributed by atoms with Crippen LogP contribution in [0.25, 0.3) is 0 Å². The topological polar surface area (TPSA) is 101 Å². The van der Waals surface area contributed by atoms with Crippen molar-refractivity contribution in [2.24, 2.45) is 0 Å². The maximum absolute atomic E-state index is 13.0. The molecule has 308 valence electrons. The maximum atomic E-state index is 13.0. The maximum Gasteiger partial charge on any atom is 0.303 e. The first-order valence-corrected chi connectivity index (χ1v) is 21.2. The van der Waals surface area contributed by atoms with Crippen molar-refractivity contribution < 1.29 is 24.3 Å². The number of carbonyl (C=O) groups excluding carboxylic acids is 3. The minimum Gasteiger partial charge on any atom is -0.481 e. The number of anilines is 2. The van der Waals surface area contributed by atoms with E-state index in [9.17, 15) is 19.2 Å². The molecule has 2 aliphatic rings. The fraction of sp³-hybridized carbons (Fsp3) is 0.429. The quantitative estimate of drug-likeness (QED) is 0.108. The summed E-state index contributed by atoms with van der Waals surface area (Å²) in [7, 11) is 0. The highest BCUT2D eigenvalue weighted by molar-refractivity contribution is 5.95. The number of aliphatic carboxylic acids is 1. The van der Waals surface area contributed by atoms with Gasteiger partial charge in [-0.05, 0) is 93.7 Å². The summed E-state index contributed by atoms with van der Waals surface area (Å²) in [5.41, 5.74) is 4.62. The molecule has 0 atom stereocenters. The highest BCUT2D eigenvalue weighted by atomic mass is 16.4. The van der Waals surface area contributed by atoms with E-state index >= 15 is 0 Å². The molecule has 0 radical (unpaired) electrons. The van der Waals surface area contributed by atoms with Crippen LogP contribution >= 0.6 is 0 Å². The summed E-state index contributed by atoms with van der Waals surface area (Å²) in [6, 6.07) is 41.3. The number of benzene rings is 4. The van der Waals surface area contributed by atoms with Gasteiger partial charge in [0.2, 0.25) is 11.8 Å². The van der Waals surface area contributed by atoms with Gasteiger partial charge in [-0.25, -0.2) is 0 Å². The number of carbonyl (C=O) groups is 4. The molecule has 0 spiro atoms. The van der Waals surface area contributed by atoms with Gasteiger partial charge in [0.25, 0.3) is 0 Å². The number of Topliss-reactive ketones (excluding diaryl/α,β-unsaturated/α-hetero) is 1. The van der Waals surface area contributed by atoms with E-state index in [0.717, 1.165) is 89.2 Å². The Balaban J connectivity index is 0.000000221. The molecule has 9 nitrogen and oxygen atoms in total. The molecule has 0 aliphatic carbocycles. The van der Waals surface area contributed by atoms with Crippen LogP contribution in [0, 0.1) is 0 Å². The Morgan fingerprint density at radius 3 is 1.21 bits per heavy atom. The number of carboxylic acids is 1. The number of amides is 2. The zero-order chi connectivity index (χ0) is 41.0. The van der Waals surface area contributed by atoms with Gasteiger partial charge in [-0.1, -0.05) is 97.1 Å². The molecule has 6 rings (SSSR count). The number of nitrogens with zero attached hydrogens (tertiary/aromatic N) is 4. The lowest BCUT2D eigenvalue weighted by atomic mass is 10.0. The Labute approximate surface area is 345 Å².